The molecule has 0 radical (unpaired) electrons. The summed E-state index contributed by atoms with van der Waals surface area (Å²) in [4.78, 5) is 12.9. The smallest absolute Gasteiger partial charge is 0.243 e. The Hall–Kier alpha value is -1.90. The van der Waals surface area contributed by atoms with E-state index in [-0.39, 0.29) is 18.0 Å². The van der Waals surface area contributed by atoms with Crippen LogP contribution in [0.5, 0.6) is 0 Å². The summed E-state index contributed by atoms with van der Waals surface area (Å²) in [5.74, 6) is -0.438. The highest BCUT2D eigenvalue weighted by Crippen LogP contribution is 2.26. The molecule has 0 saturated heterocycles. The van der Waals surface area contributed by atoms with Crippen LogP contribution < -0.4 is 5.32 Å². The molecule has 0 spiro atoms. The molecule has 1 amide bonds. The fourth-order valence-corrected chi connectivity index (χ4v) is 5.09. The number of amides is 1. The van der Waals surface area contributed by atoms with Crippen molar-refractivity contribution in [1.82, 2.24) is 4.31 Å². The third-order valence-corrected chi connectivity index (χ3v) is 7.86. The zero-order valence-electron chi connectivity index (χ0n) is 17.2. The van der Waals surface area contributed by atoms with Gasteiger partial charge in [0.25, 0.3) is 0 Å². The predicted molar refractivity (Wildman–Crippen MR) is 133 cm³/mol. The second kappa shape index (κ2) is 10.8. The van der Waals surface area contributed by atoms with Crippen molar-refractivity contribution in [2.45, 2.75) is 24.8 Å². The average molecular weight is 556 g/mol. The Morgan fingerprint density at radius 2 is 1.69 bits per heavy atom. The van der Waals surface area contributed by atoms with Crippen LogP contribution in [0, 0.1) is 0 Å². The molecule has 1 N–H and O–H groups in total. The lowest BCUT2D eigenvalue weighted by molar-refractivity contribution is -0.116. The zero-order chi connectivity index (χ0) is 23.3. The average Bonchev–Trinajstić information content (AvgIpc) is 2.76. The Kier molecular flexibility index (Phi) is 8.36. The van der Waals surface area contributed by atoms with Gasteiger partial charge in [-0.2, -0.15) is 4.31 Å². The predicted octanol–water partition coefficient (Wildman–Crippen LogP) is 6.15. The van der Waals surface area contributed by atoms with Crippen molar-refractivity contribution in [3.05, 3.63) is 92.4 Å². The van der Waals surface area contributed by atoms with Crippen molar-refractivity contribution in [2.75, 3.05) is 11.9 Å². The first-order valence-corrected chi connectivity index (χ1v) is 12.8. The number of carbonyl (C=O) groups excluding carboxylic acids is 1. The van der Waals surface area contributed by atoms with Gasteiger partial charge < -0.3 is 5.32 Å². The van der Waals surface area contributed by atoms with E-state index in [0.717, 1.165) is 20.8 Å². The maximum Gasteiger partial charge on any atom is 0.243 e. The monoisotopic (exact) mass is 554 g/mol. The van der Waals surface area contributed by atoms with E-state index in [4.69, 9.17) is 23.2 Å². The van der Waals surface area contributed by atoms with Gasteiger partial charge >= 0.3 is 0 Å². The molecule has 32 heavy (non-hydrogen) atoms. The van der Waals surface area contributed by atoms with Crippen molar-refractivity contribution in [2.24, 2.45) is 0 Å². The highest BCUT2D eigenvalue weighted by Gasteiger charge is 2.27. The van der Waals surface area contributed by atoms with Crippen molar-refractivity contribution in [3.8, 4) is 0 Å². The number of nitrogens with one attached hydrogen (secondary N) is 1. The minimum atomic E-state index is -3.97. The van der Waals surface area contributed by atoms with Gasteiger partial charge in [0.1, 0.15) is 0 Å². The van der Waals surface area contributed by atoms with Gasteiger partial charge in [0, 0.05) is 16.7 Å². The van der Waals surface area contributed by atoms with Gasteiger partial charge in [0.05, 0.1) is 21.5 Å². The number of anilines is 1. The molecule has 0 saturated carbocycles. The fourth-order valence-electron chi connectivity index (χ4n) is 3.12. The van der Waals surface area contributed by atoms with E-state index in [2.05, 4.69) is 21.2 Å². The lowest BCUT2D eigenvalue weighted by atomic mass is 10.1. The Morgan fingerprint density at radius 1 is 1.00 bits per heavy atom. The molecule has 0 aliphatic carbocycles. The number of rotatable bonds is 8. The second-order valence-corrected chi connectivity index (χ2v) is 10.7. The van der Waals surface area contributed by atoms with Crippen molar-refractivity contribution < 1.29 is 13.2 Å². The van der Waals surface area contributed by atoms with Crippen LogP contribution in [0.15, 0.2) is 76.1 Å². The summed E-state index contributed by atoms with van der Waals surface area (Å²) in [6.07, 6.45) is 0.737. The lowest BCUT2D eigenvalue weighted by Gasteiger charge is -2.22. The molecule has 0 atom stereocenters. The van der Waals surface area contributed by atoms with Gasteiger partial charge in [0.15, 0.2) is 0 Å². The summed E-state index contributed by atoms with van der Waals surface area (Å²) in [5, 5.41) is 3.51. The van der Waals surface area contributed by atoms with E-state index < -0.39 is 15.9 Å². The standard InChI is InChI=1S/C23H21BrCl2N2O3S/c1-2-17-5-3-4-6-22(17)27-23(29)15-28(14-16-7-12-20(25)21(26)13-16)32(30,31)19-10-8-18(24)9-11-19/h3-13H,2,14-15H2,1H3,(H,27,29). The summed E-state index contributed by atoms with van der Waals surface area (Å²) in [6, 6.07) is 18.6. The van der Waals surface area contributed by atoms with Crippen LogP contribution in [0.3, 0.4) is 0 Å². The Labute approximate surface area is 206 Å². The molecule has 168 valence electrons. The normalized spacial score (nSPS) is 11.5. The van der Waals surface area contributed by atoms with Crippen molar-refractivity contribution >= 4 is 60.7 Å². The molecular formula is C23H21BrCl2N2O3S. The molecule has 3 aromatic rings. The number of para-hydroxylation sites is 1. The summed E-state index contributed by atoms with van der Waals surface area (Å²) in [5.41, 5.74) is 2.24. The minimum Gasteiger partial charge on any atom is -0.325 e. The number of carbonyl (C=O) groups is 1. The van der Waals surface area contributed by atoms with Crippen LogP contribution in [0.25, 0.3) is 0 Å². The number of hydrogen-bond donors (Lipinski definition) is 1. The minimum absolute atomic E-state index is 0.0435. The van der Waals surface area contributed by atoms with Crippen LogP contribution in [0.4, 0.5) is 5.69 Å². The molecule has 0 fully saturated rings. The summed E-state index contributed by atoms with van der Waals surface area (Å²) < 4.78 is 28.6. The number of hydrogen-bond acceptors (Lipinski definition) is 3. The topological polar surface area (TPSA) is 66.5 Å². The number of nitrogens with zero attached hydrogens (tertiary/aromatic N) is 1. The Bertz CT molecular complexity index is 1220. The Morgan fingerprint density at radius 3 is 2.34 bits per heavy atom. The molecular weight excluding hydrogens is 535 g/mol. The third kappa shape index (κ3) is 6.11. The number of aryl methyl sites for hydroxylation is 1. The molecule has 0 aromatic heterocycles. The van der Waals surface area contributed by atoms with Gasteiger partial charge in [0.2, 0.25) is 15.9 Å². The van der Waals surface area contributed by atoms with Crippen LogP contribution in [-0.4, -0.2) is 25.2 Å². The largest absolute Gasteiger partial charge is 0.325 e. The molecule has 0 aliphatic rings. The molecule has 5 nitrogen and oxygen atoms in total. The summed E-state index contributed by atoms with van der Waals surface area (Å²) in [7, 11) is -3.97. The van der Waals surface area contributed by atoms with E-state index in [0.29, 0.717) is 21.3 Å². The molecule has 0 unspecified atom stereocenters. The summed E-state index contributed by atoms with van der Waals surface area (Å²) in [6.45, 7) is 1.58. The number of sulfonamides is 1. The first-order chi connectivity index (χ1) is 15.2. The molecule has 3 rings (SSSR count). The van der Waals surface area contributed by atoms with Gasteiger partial charge in [-0.25, -0.2) is 8.42 Å². The van der Waals surface area contributed by atoms with Gasteiger partial charge in [-0.3, -0.25) is 4.79 Å². The molecule has 0 aliphatic heterocycles. The van der Waals surface area contributed by atoms with E-state index in [1.807, 2.05) is 25.1 Å². The number of halogens is 3. The molecule has 9 heteroatoms. The highest BCUT2D eigenvalue weighted by atomic mass is 79.9. The maximum absolute atomic E-state index is 13.4. The zero-order valence-corrected chi connectivity index (χ0v) is 21.1. The van der Waals surface area contributed by atoms with Crippen molar-refractivity contribution in [1.29, 1.82) is 0 Å². The molecule has 0 heterocycles. The second-order valence-electron chi connectivity index (χ2n) is 7.03. The first kappa shape index (κ1) is 24.7. The fraction of sp³-hybridized carbons (Fsp3) is 0.174. The lowest BCUT2D eigenvalue weighted by Crippen LogP contribution is -2.37. The highest BCUT2D eigenvalue weighted by molar-refractivity contribution is 9.10. The number of benzene rings is 3. The van der Waals surface area contributed by atoms with E-state index in [9.17, 15) is 13.2 Å². The van der Waals surface area contributed by atoms with Crippen LogP contribution >= 0.6 is 39.1 Å². The molecule has 0 bridgehead atoms. The first-order valence-electron chi connectivity index (χ1n) is 9.78. The maximum atomic E-state index is 13.4. The van der Waals surface area contributed by atoms with E-state index in [1.54, 1.807) is 36.4 Å². The van der Waals surface area contributed by atoms with Gasteiger partial charge in [-0.15, -0.1) is 0 Å². The quantitative estimate of drug-likeness (QED) is 0.362. The van der Waals surface area contributed by atoms with E-state index >= 15 is 0 Å². The van der Waals surface area contributed by atoms with Gasteiger partial charge in [-0.05, 0) is 60.0 Å². The van der Waals surface area contributed by atoms with E-state index in [1.165, 1.54) is 12.1 Å². The SMILES string of the molecule is CCc1ccccc1NC(=O)CN(Cc1ccc(Cl)c(Cl)c1)S(=O)(=O)c1ccc(Br)cc1. The Balaban J connectivity index is 1.91. The van der Waals surface area contributed by atoms with Crippen molar-refractivity contribution in [3.63, 3.8) is 0 Å². The molecule has 3 aromatic carbocycles. The summed E-state index contributed by atoms with van der Waals surface area (Å²) >= 11 is 15.4. The van der Waals surface area contributed by atoms with Crippen LogP contribution in [-0.2, 0) is 27.8 Å². The van der Waals surface area contributed by atoms with Crippen LogP contribution in [0.1, 0.15) is 18.1 Å². The van der Waals surface area contributed by atoms with Gasteiger partial charge in [-0.1, -0.05) is 70.3 Å². The van der Waals surface area contributed by atoms with Crippen LogP contribution in [0.2, 0.25) is 10.0 Å². The third-order valence-electron chi connectivity index (χ3n) is 4.79.